The average molecular weight is 488 g/mol. The first-order valence-electron chi connectivity index (χ1n) is 12.4. The molecule has 0 saturated carbocycles. The number of nitrogens with two attached hydrogens (primary N) is 1. The number of hydrogen-bond donors (Lipinski definition) is 1. The summed E-state index contributed by atoms with van der Waals surface area (Å²) in [6, 6.07) is 11.6. The van der Waals surface area contributed by atoms with Crippen LogP contribution in [0.1, 0.15) is 38.7 Å². The standard InChI is InChI=1S/C28H33N5O3/c1-4-10-32(11-5-2)27(34)22-15-21-7-6-20(16-25(21)31-26(29)17-22)19-8-9-24-23(14-19)18-30-33(28(24)35)12-13-36-3/h6-9,14-16,18H,4-5,10-13,17H2,1-3H3,(H2,29,31). The molecule has 0 radical (unpaired) electrons. The highest BCUT2D eigenvalue weighted by atomic mass is 16.5. The molecule has 2 N–H and O–H groups in total. The molecule has 36 heavy (non-hydrogen) atoms. The SMILES string of the molecule is CCCN(CCC)C(=O)C1=Cc2ccc(-c3ccc4c(=O)n(CCOC)ncc4c3)cc2N=C(N)C1. The molecular weight excluding hydrogens is 454 g/mol. The van der Waals surface area contributed by atoms with E-state index in [1.165, 1.54) is 4.68 Å². The Bertz CT molecular complexity index is 1380. The average Bonchev–Trinajstić information content (AvgIpc) is 3.05. The van der Waals surface area contributed by atoms with Crippen LogP contribution in [0.4, 0.5) is 5.69 Å². The van der Waals surface area contributed by atoms with E-state index in [0.29, 0.717) is 36.4 Å². The van der Waals surface area contributed by atoms with Gasteiger partial charge in [0.2, 0.25) is 5.91 Å². The fraction of sp³-hybridized carbons (Fsp3) is 0.357. The third-order valence-electron chi connectivity index (χ3n) is 6.24. The number of benzene rings is 2. The third-order valence-corrected chi connectivity index (χ3v) is 6.24. The molecule has 1 amide bonds. The number of nitrogens with zero attached hydrogens (tertiary/aromatic N) is 4. The van der Waals surface area contributed by atoms with Gasteiger partial charge in [-0.3, -0.25) is 9.59 Å². The van der Waals surface area contributed by atoms with Crippen LogP contribution in [-0.4, -0.2) is 53.2 Å². The molecule has 0 aliphatic carbocycles. The first-order chi connectivity index (χ1) is 17.4. The lowest BCUT2D eigenvalue weighted by atomic mass is 9.99. The van der Waals surface area contributed by atoms with Crippen LogP contribution in [0, 0.1) is 0 Å². The predicted molar refractivity (Wildman–Crippen MR) is 144 cm³/mol. The smallest absolute Gasteiger partial charge is 0.274 e. The van der Waals surface area contributed by atoms with E-state index in [4.69, 9.17) is 10.5 Å². The van der Waals surface area contributed by atoms with E-state index in [2.05, 4.69) is 23.9 Å². The monoisotopic (exact) mass is 487 g/mol. The van der Waals surface area contributed by atoms with Crippen molar-refractivity contribution >= 4 is 34.3 Å². The molecule has 0 saturated heterocycles. The second kappa shape index (κ2) is 11.3. The fourth-order valence-corrected chi connectivity index (χ4v) is 4.47. The minimum atomic E-state index is -0.141. The van der Waals surface area contributed by atoms with Crippen molar-refractivity contribution in [3.8, 4) is 11.1 Å². The molecule has 1 aliphatic heterocycles. The van der Waals surface area contributed by atoms with Crippen molar-refractivity contribution in [2.75, 3.05) is 26.8 Å². The zero-order valence-corrected chi connectivity index (χ0v) is 21.2. The molecule has 3 aromatic rings. The maximum Gasteiger partial charge on any atom is 0.274 e. The predicted octanol–water partition coefficient (Wildman–Crippen LogP) is 4.13. The van der Waals surface area contributed by atoms with Gasteiger partial charge in [-0.1, -0.05) is 32.0 Å². The Balaban J connectivity index is 1.68. The number of aromatic nitrogens is 2. The summed E-state index contributed by atoms with van der Waals surface area (Å²) in [5, 5.41) is 5.65. The van der Waals surface area contributed by atoms with Crippen molar-refractivity contribution < 1.29 is 9.53 Å². The molecule has 0 fully saturated rings. The summed E-state index contributed by atoms with van der Waals surface area (Å²) in [4.78, 5) is 32.5. The summed E-state index contributed by atoms with van der Waals surface area (Å²) in [7, 11) is 1.60. The van der Waals surface area contributed by atoms with Gasteiger partial charge >= 0.3 is 0 Å². The lowest BCUT2D eigenvalue weighted by Crippen LogP contribution is -2.34. The first-order valence-corrected chi connectivity index (χ1v) is 12.4. The van der Waals surface area contributed by atoms with Crippen LogP contribution in [0.15, 0.2) is 58.0 Å². The number of fused-ring (bicyclic) bond motifs is 2. The number of methoxy groups -OCH3 is 1. The number of carbonyl (C=O) groups excluding carboxylic acids is 1. The van der Waals surface area contributed by atoms with Crippen molar-refractivity contribution in [1.29, 1.82) is 0 Å². The number of carbonyl (C=O) groups is 1. The van der Waals surface area contributed by atoms with Gasteiger partial charge < -0.3 is 15.4 Å². The lowest BCUT2D eigenvalue weighted by Gasteiger charge is -2.22. The number of hydrogen-bond acceptors (Lipinski definition) is 6. The lowest BCUT2D eigenvalue weighted by molar-refractivity contribution is -0.127. The molecule has 0 atom stereocenters. The van der Waals surface area contributed by atoms with Crippen LogP contribution in [0.2, 0.25) is 0 Å². The van der Waals surface area contributed by atoms with E-state index in [1.54, 1.807) is 13.3 Å². The van der Waals surface area contributed by atoms with E-state index in [1.807, 2.05) is 47.4 Å². The summed E-state index contributed by atoms with van der Waals surface area (Å²) in [5.41, 5.74) is 10.2. The highest BCUT2D eigenvalue weighted by Crippen LogP contribution is 2.33. The second-order valence-electron chi connectivity index (χ2n) is 8.98. The number of rotatable bonds is 9. The van der Waals surface area contributed by atoms with E-state index in [9.17, 15) is 9.59 Å². The molecular formula is C28H33N5O3. The highest BCUT2D eigenvalue weighted by Gasteiger charge is 2.21. The quantitative estimate of drug-likeness (QED) is 0.489. The van der Waals surface area contributed by atoms with Crippen LogP contribution in [0.3, 0.4) is 0 Å². The van der Waals surface area contributed by atoms with Gasteiger partial charge in [-0.2, -0.15) is 5.10 Å². The number of aliphatic imine (C=N–C) groups is 1. The van der Waals surface area contributed by atoms with Gasteiger partial charge in [0.15, 0.2) is 0 Å². The zero-order valence-electron chi connectivity index (χ0n) is 21.2. The Kier molecular flexibility index (Phi) is 7.95. The second-order valence-corrected chi connectivity index (χ2v) is 8.98. The van der Waals surface area contributed by atoms with Crippen molar-refractivity contribution in [1.82, 2.24) is 14.7 Å². The van der Waals surface area contributed by atoms with Crippen molar-refractivity contribution in [2.24, 2.45) is 10.7 Å². The Morgan fingerprint density at radius 1 is 1.11 bits per heavy atom. The topological polar surface area (TPSA) is 103 Å². The molecule has 188 valence electrons. The number of ether oxygens (including phenoxy) is 1. The summed E-state index contributed by atoms with van der Waals surface area (Å²) >= 11 is 0. The van der Waals surface area contributed by atoms with Crippen LogP contribution in [0.25, 0.3) is 28.0 Å². The Labute approximate surface area is 211 Å². The summed E-state index contributed by atoms with van der Waals surface area (Å²) in [6.07, 6.45) is 5.75. The van der Waals surface area contributed by atoms with Crippen LogP contribution < -0.4 is 11.3 Å². The van der Waals surface area contributed by atoms with Gasteiger partial charge in [0, 0.05) is 43.1 Å². The largest absolute Gasteiger partial charge is 0.387 e. The van der Waals surface area contributed by atoms with Crippen molar-refractivity contribution in [2.45, 2.75) is 39.7 Å². The van der Waals surface area contributed by atoms with Gasteiger partial charge in [-0.25, -0.2) is 9.67 Å². The van der Waals surface area contributed by atoms with Crippen LogP contribution in [0.5, 0.6) is 0 Å². The Morgan fingerprint density at radius 3 is 2.56 bits per heavy atom. The molecule has 2 heterocycles. The van der Waals surface area contributed by atoms with Gasteiger partial charge in [-0.15, -0.1) is 0 Å². The third kappa shape index (κ3) is 5.39. The van der Waals surface area contributed by atoms with Crippen molar-refractivity contribution in [3.05, 3.63) is 64.1 Å². The van der Waals surface area contributed by atoms with Gasteiger partial charge in [0.25, 0.3) is 5.56 Å². The maximum absolute atomic E-state index is 13.2. The molecule has 8 nitrogen and oxygen atoms in total. The van der Waals surface area contributed by atoms with E-state index in [-0.39, 0.29) is 11.5 Å². The molecule has 4 rings (SSSR count). The molecule has 2 aromatic carbocycles. The van der Waals surface area contributed by atoms with Crippen LogP contribution in [-0.2, 0) is 16.1 Å². The van der Waals surface area contributed by atoms with E-state index in [0.717, 1.165) is 53.7 Å². The number of amidine groups is 1. The normalized spacial score (nSPS) is 13.1. The molecule has 8 heteroatoms. The maximum atomic E-state index is 13.2. The van der Waals surface area contributed by atoms with Gasteiger partial charge in [0.05, 0.1) is 30.4 Å². The zero-order chi connectivity index (χ0) is 25.7. The van der Waals surface area contributed by atoms with Crippen LogP contribution >= 0.6 is 0 Å². The van der Waals surface area contributed by atoms with E-state index >= 15 is 0 Å². The Morgan fingerprint density at radius 2 is 1.83 bits per heavy atom. The van der Waals surface area contributed by atoms with E-state index < -0.39 is 0 Å². The minimum Gasteiger partial charge on any atom is -0.387 e. The molecule has 0 spiro atoms. The molecule has 1 aliphatic rings. The van der Waals surface area contributed by atoms with Gasteiger partial charge in [-0.05, 0) is 48.2 Å². The molecule has 0 bridgehead atoms. The fourth-order valence-electron chi connectivity index (χ4n) is 4.47. The summed E-state index contributed by atoms with van der Waals surface area (Å²) < 4.78 is 6.48. The molecule has 0 unspecified atom stereocenters. The minimum absolute atomic E-state index is 0.0203. The highest BCUT2D eigenvalue weighted by molar-refractivity contribution is 6.05. The van der Waals surface area contributed by atoms with Gasteiger partial charge in [0.1, 0.15) is 5.84 Å². The molecule has 1 aromatic heterocycles. The van der Waals surface area contributed by atoms with Crippen molar-refractivity contribution in [3.63, 3.8) is 0 Å². The summed E-state index contributed by atoms with van der Waals surface area (Å²) in [6.45, 7) is 6.42. The Hall–Kier alpha value is -3.78. The number of amides is 1. The first kappa shape index (κ1) is 25.3. The summed E-state index contributed by atoms with van der Waals surface area (Å²) in [5.74, 6) is 0.435.